The van der Waals surface area contributed by atoms with E-state index in [2.05, 4.69) is 16.4 Å². The molecule has 2 N–H and O–H groups in total. The van der Waals surface area contributed by atoms with Gasteiger partial charge in [0, 0.05) is 35.1 Å². The van der Waals surface area contributed by atoms with Gasteiger partial charge >= 0.3 is 0 Å². The molecule has 2 atom stereocenters. The molecule has 0 radical (unpaired) electrons. The summed E-state index contributed by atoms with van der Waals surface area (Å²) in [5.74, 6) is 2.06. The maximum Gasteiger partial charge on any atom is 0.264 e. The Balaban J connectivity index is 1.45. The number of amides is 1. The highest BCUT2D eigenvalue weighted by molar-refractivity contribution is 5.85. The molecule has 0 bridgehead atoms. The largest absolute Gasteiger partial charge is 0.493 e. The molecule has 0 spiro atoms. The molecule has 0 saturated carbocycles. The Kier molecular flexibility index (Phi) is 5.99. The van der Waals surface area contributed by atoms with E-state index in [-0.39, 0.29) is 18.4 Å². The van der Waals surface area contributed by atoms with Gasteiger partial charge in [-0.2, -0.15) is 0 Å². The number of carbonyl (C=O) groups is 1. The fourth-order valence-corrected chi connectivity index (χ4v) is 4.42. The Morgan fingerprint density at radius 3 is 2.62 bits per heavy atom. The van der Waals surface area contributed by atoms with Gasteiger partial charge < -0.3 is 29.2 Å². The van der Waals surface area contributed by atoms with E-state index in [9.17, 15) is 4.79 Å². The Labute approximate surface area is 197 Å². The maximum atomic E-state index is 13.1. The predicted molar refractivity (Wildman–Crippen MR) is 129 cm³/mol. The number of nitrogens with one attached hydrogen (secondary N) is 2. The molecule has 1 aromatic heterocycles. The lowest BCUT2D eigenvalue weighted by atomic mass is 9.89. The van der Waals surface area contributed by atoms with Crippen LogP contribution in [-0.4, -0.2) is 44.4 Å². The molecule has 174 valence electrons. The van der Waals surface area contributed by atoms with Crippen molar-refractivity contribution in [2.24, 2.45) is 0 Å². The highest BCUT2D eigenvalue weighted by atomic mass is 16.6. The summed E-state index contributed by atoms with van der Waals surface area (Å²) < 4.78 is 22.9. The minimum absolute atomic E-state index is 0.156. The molecule has 3 aromatic carbocycles. The third-order valence-electron chi connectivity index (χ3n) is 6.09. The van der Waals surface area contributed by atoms with Crippen LogP contribution in [0.3, 0.4) is 0 Å². The number of H-pyrrole nitrogens is 1. The molecular weight excluding hydrogens is 432 g/mol. The van der Waals surface area contributed by atoms with Crippen LogP contribution in [0.25, 0.3) is 10.9 Å². The minimum atomic E-state index is -0.731. The molecule has 1 aliphatic heterocycles. The Bertz CT molecular complexity index is 1320. The summed E-state index contributed by atoms with van der Waals surface area (Å²) in [6.07, 6.45) is 1.25. The smallest absolute Gasteiger partial charge is 0.264 e. The van der Waals surface area contributed by atoms with Crippen LogP contribution in [0.15, 0.2) is 72.9 Å². The van der Waals surface area contributed by atoms with Crippen molar-refractivity contribution in [3.8, 4) is 23.0 Å². The van der Waals surface area contributed by atoms with Crippen molar-refractivity contribution in [2.45, 2.75) is 12.0 Å². The van der Waals surface area contributed by atoms with E-state index in [0.717, 1.165) is 22.0 Å². The van der Waals surface area contributed by atoms with Gasteiger partial charge in [-0.05, 0) is 29.8 Å². The van der Waals surface area contributed by atoms with Crippen LogP contribution < -0.4 is 24.3 Å². The summed E-state index contributed by atoms with van der Waals surface area (Å²) in [5.41, 5.74) is 2.99. The fourth-order valence-electron chi connectivity index (χ4n) is 4.42. The fraction of sp³-hybridized carbons (Fsp3) is 0.222. The van der Waals surface area contributed by atoms with Crippen LogP contribution >= 0.6 is 0 Å². The summed E-state index contributed by atoms with van der Waals surface area (Å²) >= 11 is 0. The van der Waals surface area contributed by atoms with Crippen molar-refractivity contribution in [1.29, 1.82) is 0 Å². The zero-order valence-corrected chi connectivity index (χ0v) is 19.0. The number of ether oxygens (including phenoxy) is 4. The van der Waals surface area contributed by atoms with Crippen LogP contribution in [0.4, 0.5) is 0 Å². The summed E-state index contributed by atoms with van der Waals surface area (Å²) in [7, 11) is 3.24. The Hall–Kier alpha value is -4.13. The van der Waals surface area contributed by atoms with Crippen LogP contribution in [0.2, 0.25) is 0 Å². The van der Waals surface area contributed by atoms with Gasteiger partial charge in [0.05, 0.1) is 14.2 Å². The van der Waals surface area contributed by atoms with E-state index < -0.39 is 6.10 Å². The number of aromatic nitrogens is 1. The Morgan fingerprint density at radius 1 is 1.00 bits per heavy atom. The first-order valence-electron chi connectivity index (χ1n) is 11.1. The average Bonchev–Trinajstić information content (AvgIpc) is 3.32. The average molecular weight is 459 g/mol. The number of para-hydroxylation sites is 4. The second-order valence-corrected chi connectivity index (χ2v) is 8.03. The second kappa shape index (κ2) is 9.39. The molecule has 0 aliphatic carbocycles. The lowest BCUT2D eigenvalue weighted by molar-refractivity contribution is -0.130. The number of carbonyl (C=O) groups excluding carboxylic acids is 1. The van der Waals surface area contributed by atoms with Crippen LogP contribution in [0.1, 0.15) is 17.0 Å². The van der Waals surface area contributed by atoms with Crippen molar-refractivity contribution in [2.75, 3.05) is 27.4 Å². The third-order valence-corrected chi connectivity index (χ3v) is 6.09. The standard InChI is InChI=1S/C27H26N2O5/c1-31-24-13-7-9-18(26(24)32-2)20(19-14-28-21-10-4-3-8-17(19)21)15-29-27(30)25-16-33-22-11-5-6-12-23(22)34-25/h3-14,20,25,28H,15-16H2,1-2H3,(H,29,30)/t20-,25+/m0/s1. The van der Waals surface area contributed by atoms with Gasteiger partial charge in [0.1, 0.15) is 6.61 Å². The lowest BCUT2D eigenvalue weighted by Gasteiger charge is -2.27. The van der Waals surface area contributed by atoms with E-state index in [1.807, 2.05) is 60.8 Å². The van der Waals surface area contributed by atoms with Crippen molar-refractivity contribution >= 4 is 16.8 Å². The number of hydrogen-bond acceptors (Lipinski definition) is 5. The van der Waals surface area contributed by atoms with Crippen LogP contribution in [0, 0.1) is 0 Å². The van der Waals surface area contributed by atoms with Crippen molar-refractivity contribution in [3.05, 3.63) is 84.1 Å². The number of methoxy groups -OCH3 is 2. The molecule has 2 heterocycles. The molecule has 0 fully saturated rings. The van der Waals surface area contributed by atoms with Gasteiger partial charge in [-0.25, -0.2) is 0 Å². The van der Waals surface area contributed by atoms with Gasteiger partial charge in [0.25, 0.3) is 5.91 Å². The second-order valence-electron chi connectivity index (χ2n) is 8.03. The molecule has 7 heteroatoms. The van der Waals surface area contributed by atoms with Crippen molar-refractivity contribution in [1.82, 2.24) is 10.3 Å². The molecule has 0 saturated heterocycles. The number of aromatic amines is 1. The first-order valence-corrected chi connectivity index (χ1v) is 11.1. The Morgan fingerprint density at radius 2 is 1.79 bits per heavy atom. The van der Waals surface area contributed by atoms with Gasteiger partial charge in [0.15, 0.2) is 23.0 Å². The highest BCUT2D eigenvalue weighted by Gasteiger charge is 2.29. The van der Waals surface area contributed by atoms with E-state index in [0.29, 0.717) is 29.5 Å². The lowest BCUT2D eigenvalue weighted by Crippen LogP contribution is -2.45. The van der Waals surface area contributed by atoms with Gasteiger partial charge in [-0.1, -0.05) is 42.5 Å². The first-order chi connectivity index (χ1) is 16.7. The number of benzene rings is 3. The molecule has 7 nitrogen and oxygen atoms in total. The third kappa shape index (κ3) is 4.01. The monoisotopic (exact) mass is 458 g/mol. The van der Waals surface area contributed by atoms with Crippen molar-refractivity contribution < 1.29 is 23.7 Å². The minimum Gasteiger partial charge on any atom is -0.493 e. The quantitative estimate of drug-likeness (QED) is 0.432. The van der Waals surface area contributed by atoms with Gasteiger partial charge in [0.2, 0.25) is 6.10 Å². The predicted octanol–water partition coefficient (Wildman–Crippen LogP) is 4.27. The van der Waals surface area contributed by atoms with Gasteiger partial charge in [-0.3, -0.25) is 4.79 Å². The van der Waals surface area contributed by atoms with E-state index in [1.54, 1.807) is 20.3 Å². The van der Waals surface area contributed by atoms with Crippen LogP contribution in [-0.2, 0) is 4.79 Å². The number of fused-ring (bicyclic) bond motifs is 2. The summed E-state index contributed by atoms with van der Waals surface area (Å²) in [6.45, 7) is 0.495. The van der Waals surface area contributed by atoms with E-state index in [1.165, 1.54) is 0 Å². The number of hydrogen-bond donors (Lipinski definition) is 2. The zero-order chi connectivity index (χ0) is 23.5. The van der Waals surface area contributed by atoms with Gasteiger partial charge in [-0.15, -0.1) is 0 Å². The van der Waals surface area contributed by atoms with Crippen molar-refractivity contribution in [3.63, 3.8) is 0 Å². The molecule has 1 amide bonds. The molecule has 0 unspecified atom stereocenters. The molecule has 5 rings (SSSR count). The summed E-state index contributed by atoms with van der Waals surface area (Å²) in [5, 5.41) is 4.15. The highest BCUT2D eigenvalue weighted by Crippen LogP contribution is 2.40. The normalized spacial score (nSPS) is 15.5. The summed E-state index contributed by atoms with van der Waals surface area (Å²) in [6, 6.07) is 21.2. The topological polar surface area (TPSA) is 81.8 Å². The molecular formula is C27H26N2O5. The summed E-state index contributed by atoms with van der Waals surface area (Å²) in [4.78, 5) is 16.4. The van der Waals surface area contributed by atoms with E-state index >= 15 is 0 Å². The molecule has 1 aliphatic rings. The SMILES string of the molecule is COc1cccc([C@H](CNC(=O)[C@H]2COc3ccccc3O2)c2c[nH]c3ccccc23)c1OC. The zero-order valence-electron chi connectivity index (χ0n) is 19.0. The van der Waals surface area contributed by atoms with Crippen LogP contribution in [0.5, 0.6) is 23.0 Å². The number of rotatable bonds is 7. The first kappa shape index (κ1) is 21.7. The maximum absolute atomic E-state index is 13.1. The molecule has 34 heavy (non-hydrogen) atoms. The van der Waals surface area contributed by atoms with E-state index in [4.69, 9.17) is 18.9 Å². The molecule has 4 aromatic rings.